The first-order chi connectivity index (χ1) is 8.16. The van der Waals surface area contributed by atoms with Crippen LogP contribution in [0.1, 0.15) is 19.3 Å². The molecule has 1 N–H and O–H groups in total. The molecule has 0 bridgehead atoms. The maximum atomic E-state index is 13.5. The molecule has 1 aromatic rings. The van der Waals surface area contributed by atoms with Gasteiger partial charge in [0.2, 0.25) is 0 Å². The number of aromatic nitrogens is 1. The third kappa shape index (κ3) is 3.30. The monoisotopic (exact) mass is 257 g/mol. The van der Waals surface area contributed by atoms with Crippen LogP contribution in [0, 0.1) is 5.82 Å². The van der Waals surface area contributed by atoms with Crippen LogP contribution in [0.3, 0.4) is 0 Å². The van der Waals surface area contributed by atoms with Gasteiger partial charge in [0.1, 0.15) is 0 Å². The van der Waals surface area contributed by atoms with Crippen molar-refractivity contribution in [3.05, 3.63) is 23.1 Å². The van der Waals surface area contributed by atoms with Crippen LogP contribution in [0.15, 0.2) is 12.3 Å². The standard InChI is InChI=1S/C12H17ClFN3/c1-17-5-3-2-4-10(17)8-16-12-11(14)6-9(13)7-15-12/h6-7,10H,2-5,8H2,1H3,(H,15,16). The van der Waals surface area contributed by atoms with Gasteiger partial charge < -0.3 is 10.2 Å². The molecule has 0 spiro atoms. The van der Waals surface area contributed by atoms with Crippen molar-refractivity contribution < 1.29 is 4.39 Å². The number of likely N-dealkylation sites (tertiary alicyclic amines) is 1. The Hall–Kier alpha value is -0.870. The van der Waals surface area contributed by atoms with E-state index >= 15 is 0 Å². The number of hydrogen-bond acceptors (Lipinski definition) is 3. The zero-order chi connectivity index (χ0) is 12.3. The molecule has 5 heteroatoms. The molecule has 1 fully saturated rings. The summed E-state index contributed by atoms with van der Waals surface area (Å²) >= 11 is 5.65. The van der Waals surface area contributed by atoms with Gasteiger partial charge in [-0.05, 0) is 32.5 Å². The van der Waals surface area contributed by atoms with Gasteiger partial charge in [0.05, 0.1) is 5.02 Å². The van der Waals surface area contributed by atoms with E-state index in [4.69, 9.17) is 11.6 Å². The Balaban J connectivity index is 1.92. The number of nitrogens with zero attached hydrogens (tertiary/aromatic N) is 2. The lowest BCUT2D eigenvalue weighted by Gasteiger charge is -2.32. The first kappa shape index (κ1) is 12.6. The van der Waals surface area contributed by atoms with Crippen LogP contribution in [-0.2, 0) is 0 Å². The van der Waals surface area contributed by atoms with Crippen molar-refractivity contribution in [3.63, 3.8) is 0 Å². The molecule has 0 radical (unpaired) electrons. The molecule has 1 unspecified atom stereocenters. The average Bonchev–Trinajstić information content (AvgIpc) is 2.30. The zero-order valence-electron chi connectivity index (χ0n) is 9.92. The highest BCUT2D eigenvalue weighted by atomic mass is 35.5. The van der Waals surface area contributed by atoms with Crippen molar-refractivity contribution in [1.29, 1.82) is 0 Å². The van der Waals surface area contributed by atoms with Crippen LogP contribution in [0.2, 0.25) is 5.02 Å². The number of nitrogens with one attached hydrogen (secondary N) is 1. The maximum absolute atomic E-state index is 13.5. The first-order valence-corrected chi connectivity index (χ1v) is 6.30. The van der Waals surface area contributed by atoms with E-state index < -0.39 is 5.82 Å². The summed E-state index contributed by atoms with van der Waals surface area (Å²) in [7, 11) is 2.11. The van der Waals surface area contributed by atoms with Crippen LogP contribution in [0.5, 0.6) is 0 Å². The average molecular weight is 258 g/mol. The Morgan fingerprint density at radius 3 is 3.12 bits per heavy atom. The largest absolute Gasteiger partial charge is 0.366 e. The van der Waals surface area contributed by atoms with Crippen molar-refractivity contribution in [1.82, 2.24) is 9.88 Å². The van der Waals surface area contributed by atoms with Crippen molar-refractivity contribution in [2.75, 3.05) is 25.5 Å². The fourth-order valence-electron chi connectivity index (χ4n) is 2.16. The van der Waals surface area contributed by atoms with Crippen molar-refractivity contribution in [2.45, 2.75) is 25.3 Å². The molecule has 1 atom stereocenters. The second-order valence-corrected chi connectivity index (χ2v) is 4.93. The number of piperidine rings is 1. The Morgan fingerprint density at radius 2 is 2.41 bits per heavy atom. The lowest BCUT2D eigenvalue weighted by atomic mass is 10.0. The van der Waals surface area contributed by atoms with Gasteiger partial charge in [-0.2, -0.15) is 0 Å². The summed E-state index contributed by atoms with van der Waals surface area (Å²) in [4.78, 5) is 6.26. The third-order valence-corrected chi connectivity index (χ3v) is 3.44. The second-order valence-electron chi connectivity index (χ2n) is 4.50. The van der Waals surface area contributed by atoms with Gasteiger partial charge >= 0.3 is 0 Å². The number of halogens is 2. The summed E-state index contributed by atoms with van der Waals surface area (Å²) in [6.45, 7) is 1.84. The summed E-state index contributed by atoms with van der Waals surface area (Å²) in [5.41, 5.74) is 0. The predicted molar refractivity (Wildman–Crippen MR) is 68.0 cm³/mol. The highest BCUT2D eigenvalue weighted by molar-refractivity contribution is 6.30. The smallest absolute Gasteiger partial charge is 0.166 e. The van der Waals surface area contributed by atoms with Crippen LogP contribution < -0.4 is 5.32 Å². The van der Waals surface area contributed by atoms with Gasteiger partial charge in [-0.25, -0.2) is 9.37 Å². The minimum atomic E-state index is -0.393. The molecule has 0 aliphatic carbocycles. The number of anilines is 1. The number of pyridine rings is 1. The summed E-state index contributed by atoms with van der Waals surface area (Å²) < 4.78 is 13.5. The van der Waals surface area contributed by atoms with E-state index in [9.17, 15) is 4.39 Å². The minimum absolute atomic E-state index is 0.286. The molecule has 0 aromatic carbocycles. The maximum Gasteiger partial charge on any atom is 0.166 e. The normalized spacial score (nSPS) is 21.5. The van der Waals surface area contributed by atoms with E-state index in [1.165, 1.54) is 25.1 Å². The lowest BCUT2D eigenvalue weighted by molar-refractivity contribution is 0.194. The van der Waals surface area contributed by atoms with E-state index in [-0.39, 0.29) is 5.82 Å². The number of hydrogen-bond donors (Lipinski definition) is 1. The Morgan fingerprint density at radius 1 is 1.59 bits per heavy atom. The molecule has 0 amide bonds. The highest BCUT2D eigenvalue weighted by Crippen LogP contribution is 2.18. The molecular formula is C12H17ClFN3. The molecule has 2 rings (SSSR count). The van der Waals surface area contributed by atoms with E-state index in [0.717, 1.165) is 19.5 Å². The fraction of sp³-hybridized carbons (Fsp3) is 0.583. The van der Waals surface area contributed by atoms with E-state index in [1.54, 1.807) is 0 Å². The van der Waals surface area contributed by atoms with Gasteiger partial charge in [0, 0.05) is 18.8 Å². The van der Waals surface area contributed by atoms with Crippen molar-refractivity contribution in [2.24, 2.45) is 0 Å². The Kier molecular flexibility index (Phi) is 4.18. The fourth-order valence-corrected chi connectivity index (χ4v) is 2.31. The lowest BCUT2D eigenvalue weighted by Crippen LogP contribution is -2.40. The third-order valence-electron chi connectivity index (χ3n) is 3.23. The summed E-state index contributed by atoms with van der Waals surface area (Å²) in [6, 6.07) is 1.74. The van der Waals surface area contributed by atoms with Gasteiger partial charge in [-0.1, -0.05) is 18.0 Å². The molecule has 3 nitrogen and oxygen atoms in total. The predicted octanol–water partition coefficient (Wildman–Crippen LogP) is 2.77. The molecular weight excluding hydrogens is 241 g/mol. The van der Waals surface area contributed by atoms with Crippen molar-refractivity contribution >= 4 is 17.4 Å². The Bertz CT molecular complexity index is 386. The minimum Gasteiger partial charge on any atom is -0.366 e. The topological polar surface area (TPSA) is 28.2 Å². The van der Waals surface area contributed by atoms with Crippen LogP contribution in [0.4, 0.5) is 10.2 Å². The van der Waals surface area contributed by atoms with E-state index in [0.29, 0.717) is 11.1 Å². The quantitative estimate of drug-likeness (QED) is 0.903. The zero-order valence-corrected chi connectivity index (χ0v) is 10.7. The van der Waals surface area contributed by atoms with Crippen LogP contribution in [0.25, 0.3) is 0 Å². The molecule has 94 valence electrons. The SMILES string of the molecule is CN1CCCCC1CNc1ncc(Cl)cc1F. The van der Waals surface area contributed by atoms with E-state index in [1.807, 2.05) is 0 Å². The van der Waals surface area contributed by atoms with Crippen LogP contribution >= 0.6 is 11.6 Å². The molecule has 2 heterocycles. The second kappa shape index (κ2) is 5.65. The summed E-state index contributed by atoms with van der Waals surface area (Å²) in [5, 5.41) is 3.38. The molecule has 1 saturated heterocycles. The van der Waals surface area contributed by atoms with Gasteiger partial charge in [-0.3, -0.25) is 0 Å². The first-order valence-electron chi connectivity index (χ1n) is 5.92. The Labute approximate surface area is 106 Å². The van der Waals surface area contributed by atoms with Gasteiger partial charge in [-0.15, -0.1) is 0 Å². The van der Waals surface area contributed by atoms with Gasteiger partial charge in [0.25, 0.3) is 0 Å². The molecule has 17 heavy (non-hydrogen) atoms. The van der Waals surface area contributed by atoms with Crippen molar-refractivity contribution in [3.8, 4) is 0 Å². The summed E-state index contributed by atoms with van der Waals surface area (Å²) in [6.07, 6.45) is 5.10. The molecule has 0 saturated carbocycles. The van der Waals surface area contributed by atoms with Gasteiger partial charge in [0.15, 0.2) is 11.6 Å². The highest BCUT2D eigenvalue weighted by Gasteiger charge is 2.18. The molecule has 1 aromatic heterocycles. The van der Waals surface area contributed by atoms with E-state index in [2.05, 4.69) is 22.2 Å². The summed E-state index contributed by atoms with van der Waals surface area (Å²) in [5.74, 6) is -0.107. The number of likely N-dealkylation sites (N-methyl/N-ethyl adjacent to an activating group) is 1. The molecule has 1 aliphatic rings. The van der Waals surface area contributed by atoms with Crippen LogP contribution in [-0.4, -0.2) is 36.1 Å². The number of rotatable bonds is 3. The molecule has 1 aliphatic heterocycles.